The fourth-order valence-corrected chi connectivity index (χ4v) is 1.88. The van der Waals surface area contributed by atoms with Gasteiger partial charge in [-0.05, 0) is 32.3 Å². The number of methoxy groups -OCH3 is 2. The number of hydrogen-bond acceptors (Lipinski definition) is 7. The SMILES string of the molecule is COc1ccc(-c2noc(C(=O)NCCN(C)C)n2)cc1OC. The maximum absolute atomic E-state index is 11.9. The van der Waals surface area contributed by atoms with Crippen molar-refractivity contribution in [2.24, 2.45) is 0 Å². The summed E-state index contributed by atoms with van der Waals surface area (Å²) in [4.78, 5) is 18.0. The van der Waals surface area contributed by atoms with E-state index in [0.29, 0.717) is 29.4 Å². The summed E-state index contributed by atoms with van der Waals surface area (Å²) in [6, 6.07) is 5.22. The Morgan fingerprint density at radius 3 is 2.65 bits per heavy atom. The highest BCUT2D eigenvalue weighted by Crippen LogP contribution is 2.31. The zero-order chi connectivity index (χ0) is 16.8. The van der Waals surface area contributed by atoms with Gasteiger partial charge in [0.1, 0.15) is 0 Å². The largest absolute Gasteiger partial charge is 0.493 e. The standard InChI is InChI=1S/C15H20N4O4/c1-19(2)8-7-16-14(20)15-17-13(18-23-15)10-5-6-11(21-3)12(9-10)22-4/h5-6,9H,7-8H2,1-4H3,(H,16,20). The first-order valence-corrected chi connectivity index (χ1v) is 7.04. The highest BCUT2D eigenvalue weighted by atomic mass is 16.5. The van der Waals surface area contributed by atoms with Gasteiger partial charge in [0, 0.05) is 18.7 Å². The quantitative estimate of drug-likeness (QED) is 0.815. The van der Waals surface area contributed by atoms with Crippen LogP contribution in [0.1, 0.15) is 10.7 Å². The molecule has 23 heavy (non-hydrogen) atoms. The third-order valence-corrected chi connectivity index (χ3v) is 3.11. The van der Waals surface area contributed by atoms with Gasteiger partial charge in [-0.25, -0.2) is 0 Å². The second-order valence-electron chi connectivity index (χ2n) is 5.05. The summed E-state index contributed by atoms with van der Waals surface area (Å²) >= 11 is 0. The first-order chi connectivity index (χ1) is 11.0. The molecule has 0 bridgehead atoms. The van der Waals surface area contributed by atoms with E-state index in [1.807, 2.05) is 19.0 Å². The number of hydrogen-bond donors (Lipinski definition) is 1. The van der Waals surface area contributed by atoms with Gasteiger partial charge in [-0.3, -0.25) is 4.79 Å². The van der Waals surface area contributed by atoms with Crippen LogP contribution in [0.5, 0.6) is 11.5 Å². The summed E-state index contributed by atoms with van der Waals surface area (Å²) in [6.45, 7) is 1.22. The van der Waals surface area contributed by atoms with E-state index in [1.54, 1.807) is 32.4 Å². The van der Waals surface area contributed by atoms with E-state index < -0.39 is 5.91 Å². The number of aromatic nitrogens is 2. The number of nitrogens with one attached hydrogen (secondary N) is 1. The van der Waals surface area contributed by atoms with Gasteiger partial charge in [-0.15, -0.1) is 0 Å². The molecule has 0 aliphatic heterocycles. The molecule has 0 radical (unpaired) electrons. The molecular weight excluding hydrogens is 300 g/mol. The van der Waals surface area contributed by atoms with Crippen molar-refractivity contribution in [1.29, 1.82) is 0 Å². The van der Waals surface area contributed by atoms with Gasteiger partial charge in [0.15, 0.2) is 11.5 Å². The molecule has 8 heteroatoms. The molecule has 8 nitrogen and oxygen atoms in total. The topological polar surface area (TPSA) is 89.7 Å². The Labute approximate surface area is 134 Å². The minimum Gasteiger partial charge on any atom is -0.493 e. The lowest BCUT2D eigenvalue weighted by Gasteiger charge is -2.08. The van der Waals surface area contributed by atoms with E-state index in [2.05, 4.69) is 15.5 Å². The molecule has 2 aromatic rings. The van der Waals surface area contributed by atoms with Crippen molar-refractivity contribution >= 4 is 5.91 Å². The van der Waals surface area contributed by atoms with Crippen molar-refractivity contribution in [2.45, 2.75) is 0 Å². The first-order valence-electron chi connectivity index (χ1n) is 7.04. The van der Waals surface area contributed by atoms with E-state index in [1.165, 1.54) is 0 Å². The number of likely N-dealkylation sites (N-methyl/N-ethyl adjacent to an activating group) is 1. The maximum atomic E-state index is 11.9. The van der Waals surface area contributed by atoms with Crippen LogP contribution in [-0.2, 0) is 0 Å². The number of carbonyl (C=O) groups is 1. The molecule has 0 fully saturated rings. The predicted molar refractivity (Wildman–Crippen MR) is 83.7 cm³/mol. The Balaban J connectivity index is 2.11. The molecule has 124 valence electrons. The molecule has 1 N–H and O–H groups in total. The number of carbonyl (C=O) groups excluding carboxylic acids is 1. The summed E-state index contributed by atoms with van der Waals surface area (Å²) in [5.41, 5.74) is 0.666. The summed E-state index contributed by atoms with van der Waals surface area (Å²) in [5, 5.41) is 6.54. The summed E-state index contributed by atoms with van der Waals surface area (Å²) < 4.78 is 15.4. The maximum Gasteiger partial charge on any atom is 0.316 e. The first kappa shape index (κ1) is 16.8. The lowest BCUT2D eigenvalue weighted by atomic mass is 10.2. The molecule has 0 atom stereocenters. The Kier molecular flexibility index (Phi) is 5.53. The van der Waals surface area contributed by atoms with Gasteiger partial charge in [0.2, 0.25) is 5.82 Å². The van der Waals surface area contributed by atoms with E-state index in [-0.39, 0.29) is 5.89 Å². The highest BCUT2D eigenvalue weighted by molar-refractivity contribution is 5.89. The average molecular weight is 320 g/mol. The van der Waals surface area contributed by atoms with Gasteiger partial charge in [0.25, 0.3) is 0 Å². The van der Waals surface area contributed by atoms with Crippen molar-refractivity contribution in [2.75, 3.05) is 41.4 Å². The van der Waals surface area contributed by atoms with Gasteiger partial charge >= 0.3 is 11.8 Å². The minimum absolute atomic E-state index is 0.0754. The molecule has 0 spiro atoms. The Hall–Kier alpha value is -2.61. The summed E-state index contributed by atoms with van der Waals surface area (Å²) in [5.74, 6) is 0.983. The van der Waals surface area contributed by atoms with Crippen LogP contribution in [0, 0.1) is 0 Å². The summed E-state index contributed by atoms with van der Waals surface area (Å²) in [6.07, 6.45) is 0. The normalized spacial score (nSPS) is 10.7. The van der Waals surface area contributed by atoms with Gasteiger partial charge < -0.3 is 24.2 Å². The number of rotatable bonds is 7. The number of nitrogens with zero attached hydrogens (tertiary/aromatic N) is 3. The van der Waals surface area contributed by atoms with E-state index in [9.17, 15) is 4.79 Å². The van der Waals surface area contributed by atoms with Crippen LogP contribution in [0.3, 0.4) is 0 Å². The van der Waals surface area contributed by atoms with Crippen LogP contribution in [0.25, 0.3) is 11.4 Å². The molecular formula is C15H20N4O4. The van der Waals surface area contributed by atoms with Crippen molar-refractivity contribution in [3.63, 3.8) is 0 Å². The number of amides is 1. The highest BCUT2D eigenvalue weighted by Gasteiger charge is 2.17. The second-order valence-corrected chi connectivity index (χ2v) is 5.05. The molecule has 2 rings (SSSR count). The Morgan fingerprint density at radius 2 is 2.00 bits per heavy atom. The van der Waals surface area contributed by atoms with E-state index in [4.69, 9.17) is 14.0 Å². The smallest absolute Gasteiger partial charge is 0.316 e. The van der Waals surface area contributed by atoms with Crippen molar-refractivity contribution in [3.8, 4) is 22.9 Å². The fourth-order valence-electron chi connectivity index (χ4n) is 1.88. The van der Waals surface area contributed by atoms with E-state index >= 15 is 0 Å². The van der Waals surface area contributed by atoms with Crippen molar-refractivity contribution in [3.05, 3.63) is 24.1 Å². The monoisotopic (exact) mass is 320 g/mol. The summed E-state index contributed by atoms with van der Waals surface area (Å²) in [7, 11) is 6.95. The number of benzene rings is 1. The van der Waals surface area contributed by atoms with Crippen LogP contribution >= 0.6 is 0 Å². The van der Waals surface area contributed by atoms with Crippen LogP contribution in [0.4, 0.5) is 0 Å². The molecule has 0 unspecified atom stereocenters. The van der Waals surface area contributed by atoms with E-state index in [0.717, 1.165) is 6.54 Å². The average Bonchev–Trinajstić information content (AvgIpc) is 3.03. The van der Waals surface area contributed by atoms with Crippen LogP contribution in [0.2, 0.25) is 0 Å². The lowest BCUT2D eigenvalue weighted by molar-refractivity contribution is 0.0907. The third kappa shape index (κ3) is 4.19. The van der Waals surface area contributed by atoms with Crippen molar-refractivity contribution < 1.29 is 18.8 Å². The Morgan fingerprint density at radius 1 is 1.26 bits per heavy atom. The zero-order valence-electron chi connectivity index (χ0n) is 13.6. The van der Waals surface area contributed by atoms with Gasteiger partial charge in [0.05, 0.1) is 14.2 Å². The lowest BCUT2D eigenvalue weighted by Crippen LogP contribution is -2.31. The van der Waals surface area contributed by atoms with Gasteiger partial charge in [-0.1, -0.05) is 5.16 Å². The molecule has 1 heterocycles. The minimum atomic E-state index is -0.397. The van der Waals surface area contributed by atoms with Crippen molar-refractivity contribution in [1.82, 2.24) is 20.4 Å². The molecule has 0 aliphatic rings. The van der Waals surface area contributed by atoms with Crippen LogP contribution in [0.15, 0.2) is 22.7 Å². The fraction of sp³-hybridized carbons (Fsp3) is 0.400. The van der Waals surface area contributed by atoms with Crippen LogP contribution < -0.4 is 14.8 Å². The molecule has 0 aliphatic carbocycles. The second kappa shape index (κ2) is 7.59. The molecule has 1 aromatic carbocycles. The third-order valence-electron chi connectivity index (χ3n) is 3.11. The van der Waals surface area contributed by atoms with Gasteiger partial charge in [-0.2, -0.15) is 4.98 Å². The Bertz CT molecular complexity index is 669. The molecule has 1 amide bonds. The van der Waals surface area contributed by atoms with Crippen LogP contribution in [-0.4, -0.2) is 62.4 Å². The molecule has 1 aromatic heterocycles. The molecule has 0 saturated carbocycles. The zero-order valence-corrected chi connectivity index (χ0v) is 13.6. The molecule has 0 saturated heterocycles. The number of ether oxygens (including phenoxy) is 2. The predicted octanol–water partition coefficient (Wildman–Crippen LogP) is 1.05.